The van der Waals surface area contributed by atoms with Crippen molar-refractivity contribution in [1.29, 1.82) is 0 Å². The van der Waals surface area contributed by atoms with Gasteiger partial charge in [-0.05, 0) is 43.5 Å². The molecule has 1 aliphatic carbocycles. The van der Waals surface area contributed by atoms with Crippen LogP contribution in [0.2, 0.25) is 0 Å². The topological polar surface area (TPSA) is 63.4 Å². The van der Waals surface area contributed by atoms with Crippen LogP contribution >= 0.6 is 12.4 Å². The number of likely N-dealkylation sites (N-methyl/N-ethyl adjacent to an activating group) is 1. The molecule has 1 aromatic rings. The Kier molecular flexibility index (Phi) is 6.01. The van der Waals surface area contributed by atoms with E-state index in [1.165, 1.54) is 19.1 Å². The van der Waals surface area contributed by atoms with Gasteiger partial charge < -0.3 is 5.73 Å². The fourth-order valence-corrected chi connectivity index (χ4v) is 3.09. The molecule has 1 aromatic carbocycles. The van der Waals surface area contributed by atoms with Crippen molar-refractivity contribution < 1.29 is 8.42 Å². The summed E-state index contributed by atoms with van der Waals surface area (Å²) in [5.41, 5.74) is 6.95. The van der Waals surface area contributed by atoms with Gasteiger partial charge in [-0.25, -0.2) is 8.42 Å². The summed E-state index contributed by atoms with van der Waals surface area (Å²) >= 11 is 0. The highest BCUT2D eigenvalue weighted by atomic mass is 35.5. The fraction of sp³-hybridized carbons (Fsp3) is 0.571. The van der Waals surface area contributed by atoms with Gasteiger partial charge in [-0.3, -0.25) is 4.90 Å². The van der Waals surface area contributed by atoms with Crippen LogP contribution in [-0.2, 0) is 16.4 Å². The molecule has 1 saturated carbocycles. The zero-order chi connectivity index (χ0) is 14.0. The maximum atomic E-state index is 11.4. The average molecular weight is 319 g/mol. The minimum Gasteiger partial charge on any atom is -0.329 e. The molecule has 6 heteroatoms. The number of rotatable bonds is 6. The molecule has 0 aromatic heterocycles. The number of hydrogen-bond acceptors (Lipinski definition) is 4. The van der Waals surface area contributed by atoms with E-state index < -0.39 is 9.84 Å². The Bertz CT molecular complexity index is 527. The SMILES string of the molecule is CN(Cc1ccc(S(C)(=O)=O)cc1)C(CN)C1CC1.Cl. The van der Waals surface area contributed by atoms with Gasteiger partial charge in [0.25, 0.3) is 0 Å². The molecular weight excluding hydrogens is 296 g/mol. The van der Waals surface area contributed by atoms with Crippen LogP contribution in [0.3, 0.4) is 0 Å². The van der Waals surface area contributed by atoms with Crippen molar-refractivity contribution >= 4 is 22.2 Å². The summed E-state index contributed by atoms with van der Waals surface area (Å²) in [6, 6.07) is 7.55. The van der Waals surface area contributed by atoms with E-state index in [0.29, 0.717) is 17.5 Å². The molecule has 0 amide bonds. The normalized spacial score (nSPS) is 16.8. The molecule has 1 fully saturated rings. The molecule has 114 valence electrons. The Balaban J connectivity index is 0.00000200. The van der Waals surface area contributed by atoms with E-state index in [0.717, 1.165) is 18.0 Å². The van der Waals surface area contributed by atoms with Crippen LogP contribution in [-0.4, -0.2) is 39.2 Å². The summed E-state index contributed by atoms with van der Waals surface area (Å²) in [6.45, 7) is 1.49. The van der Waals surface area contributed by atoms with Crippen molar-refractivity contribution in [3.8, 4) is 0 Å². The maximum absolute atomic E-state index is 11.4. The Hall–Kier alpha value is -0.620. The number of sulfone groups is 1. The number of nitrogens with zero attached hydrogens (tertiary/aromatic N) is 1. The predicted molar refractivity (Wildman–Crippen MR) is 83.8 cm³/mol. The highest BCUT2D eigenvalue weighted by Crippen LogP contribution is 2.34. The molecule has 0 heterocycles. The average Bonchev–Trinajstić information content (AvgIpc) is 3.14. The van der Waals surface area contributed by atoms with Crippen molar-refractivity contribution in [1.82, 2.24) is 4.90 Å². The van der Waals surface area contributed by atoms with E-state index in [9.17, 15) is 8.42 Å². The highest BCUT2D eigenvalue weighted by Gasteiger charge is 2.32. The number of halogens is 1. The molecule has 1 aliphatic rings. The number of nitrogens with two attached hydrogens (primary N) is 1. The first-order valence-electron chi connectivity index (χ1n) is 6.61. The highest BCUT2D eigenvalue weighted by molar-refractivity contribution is 7.90. The second-order valence-electron chi connectivity index (χ2n) is 5.47. The van der Waals surface area contributed by atoms with Gasteiger partial charge in [0.05, 0.1) is 4.90 Å². The third kappa shape index (κ3) is 4.45. The summed E-state index contributed by atoms with van der Waals surface area (Å²) < 4.78 is 22.8. The Morgan fingerprint density at radius 2 is 1.85 bits per heavy atom. The Labute approximate surface area is 127 Å². The molecule has 0 spiro atoms. The largest absolute Gasteiger partial charge is 0.329 e. The molecule has 4 nitrogen and oxygen atoms in total. The number of hydrogen-bond donors (Lipinski definition) is 1. The molecule has 1 unspecified atom stereocenters. The lowest BCUT2D eigenvalue weighted by Gasteiger charge is -2.27. The van der Waals surface area contributed by atoms with Crippen molar-refractivity contribution in [2.24, 2.45) is 11.7 Å². The van der Waals surface area contributed by atoms with Gasteiger partial charge in [-0.15, -0.1) is 12.4 Å². The Morgan fingerprint density at radius 3 is 2.25 bits per heavy atom. The van der Waals surface area contributed by atoms with Gasteiger partial charge in [0, 0.05) is 25.4 Å². The standard InChI is InChI=1S/C14H22N2O2S.ClH/c1-16(14(9-15)12-5-6-12)10-11-3-7-13(8-4-11)19(2,17)18;/h3-4,7-8,12,14H,5-6,9-10,15H2,1-2H3;1H. The molecule has 0 radical (unpaired) electrons. The lowest BCUT2D eigenvalue weighted by atomic mass is 10.1. The second-order valence-corrected chi connectivity index (χ2v) is 7.49. The third-order valence-electron chi connectivity index (χ3n) is 3.76. The van der Waals surface area contributed by atoms with Gasteiger partial charge in [0.1, 0.15) is 0 Å². The van der Waals surface area contributed by atoms with Gasteiger partial charge in [-0.1, -0.05) is 12.1 Å². The van der Waals surface area contributed by atoms with Crippen LogP contribution in [0.15, 0.2) is 29.2 Å². The van der Waals surface area contributed by atoms with E-state index in [4.69, 9.17) is 5.73 Å². The zero-order valence-electron chi connectivity index (χ0n) is 12.0. The predicted octanol–water partition coefficient (Wildman–Crippen LogP) is 1.68. The van der Waals surface area contributed by atoms with E-state index in [1.54, 1.807) is 12.1 Å². The van der Waals surface area contributed by atoms with Crippen molar-refractivity contribution in [3.63, 3.8) is 0 Å². The van der Waals surface area contributed by atoms with Gasteiger partial charge in [0.15, 0.2) is 9.84 Å². The second kappa shape index (κ2) is 6.89. The molecule has 0 aliphatic heterocycles. The summed E-state index contributed by atoms with van der Waals surface area (Å²) in [5.74, 6) is 0.741. The van der Waals surface area contributed by atoms with E-state index in [1.807, 2.05) is 12.1 Å². The Morgan fingerprint density at radius 1 is 1.30 bits per heavy atom. The van der Waals surface area contributed by atoms with Crippen LogP contribution in [0.5, 0.6) is 0 Å². The lowest BCUT2D eigenvalue weighted by molar-refractivity contribution is 0.215. The van der Waals surface area contributed by atoms with Crippen molar-refractivity contribution in [3.05, 3.63) is 29.8 Å². The first-order chi connectivity index (χ1) is 8.91. The molecule has 20 heavy (non-hydrogen) atoms. The monoisotopic (exact) mass is 318 g/mol. The van der Waals surface area contributed by atoms with Crippen LogP contribution < -0.4 is 5.73 Å². The molecule has 2 rings (SSSR count). The summed E-state index contributed by atoms with van der Waals surface area (Å²) in [4.78, 5) is 2.64. The lowest BCUT2D eigenvalue weighted by Crippen LogP contribution is -2.39. The van der Waals surface area contributed by atoms with E-state index in [-0.39, 0.29) is 12.4 Å². The minimum atomic E-state index is -3.11. The first-order valence-corrected chi connectivity index (χ1v) is 8.50. The van der Waals surface area contributed by atoms with Crippen LogP contribution in [0.25, 0.3) is 0 Å². The summed E-state index contributed by atoms with van der Waals surface area (Å²) in [7, 11) is -1.02. The molecule has 0 saturated heterocycles. The van der Waals surface area contributed by atoms with Crippen LogP contribution in [0.4, 0.5) is 0 Å². The van der Waals surface area contributed by atoms with Crippen molar-refractivity contribution in [2.45, 2.75) is 30.3 Å². The van der Waals surface area contributed by atoms with Crippen LogP contribution in [0.1, 0.15) is 18.4 Å². The summed E-state index contributed by atoms with van der Waals surface area (Å²) in [5, 5.41) is 0. The summed E-state index contributed by atoms with van der Waals surface area (Å²) in [6.07, 6.45) is 3.78. The quantitative estimate of drug-likeness (QED) is 0.867. The van der Waals surface area contributed by atoms with Gasteiger partial charge >= 0.3 is 0 Å². The third-order valence-corrected chi connectivity index (χ3v) is 4.89. The van der Waals surface area contributed by atoms with Gasteiger partial charge in [0.2, 0.25) is 0 Å². The zero-order valence-corrected chi connectivity index (χ0v) is 13.6. The van der Waals surface area contributed by atoms with E-state index in [2.05, 4.69) is 11.9 Å². The van der Waals surface area contributed by atoms with Gasteiger partial charge in [-0.2, -0.15) is 0 Å². The first kappa shape index (κ1) is 17.4. The smallest absolute Gasteiger partial charge is 0.175 e. The molecule has 0 bridgehead atoms. The van der Waals surface area contributed by atoms with Crippen molar-refractivity contribution in [2.75, 3.05) is 19.8 Å². The maximum Gasteiger partial charge on any atom is 0.175 e. The van der Waals surface area contributed by atoms with E-state index >= 15 is 0 Å². The number of benzene rings is 1. The van der Waals surface area contributed by atoms with Crippen LogP contribution in [0, 0.1) is 5.92 Å². The molecule has 1 atom stereocenters. The minimum absolute atomic E-state index is 0. The molecule has 2 N–H and O–H groups in total. The molecular formula is C14H23ClN2O2S. The fourth-order valence-electron chi connectivity index (χ4n) is 2.46.